The molecule has 24 heavy (non-hydrogen) atoms. The van der Waals surface area contributed by atoms with Crippen molar-refractivity contribution in [2.75, 3.05) is 12.4 Å². The average Bonchev–Trinajstić information content (AvgIpc) is 3.16. The van der Waals surface area contributed by atoms with Crippen LogP contribution < -0.4 is 5.32 Å². The number of anilines is 1. The molecule has 0 fully saturated rings. The molecule has 5 heteroatoms. The van der Waals surface area contributed by atoms with Crippen LogP contribution in [0.2, 0.25) is 0 Å². The quantitative estimate of drug-likeness (QED) is 0.545. The molecule has 0 aliphatic rings. The van der Waals surface area contributed by atoms with Crippen molar-refractivity contribution in [3.63, 3.8) is 0 Å². The normalized spacial score (nSPS) is 10.7. The third-order valence-electron chi connectivity index (χ3n) is 3.49. The zero-order valence-corrected chi connectivity index (χ0v) is 13.9. The summed E-state index contributed by atoms with van der Waals surface area (Å²) in [4.78, 5) is 17.0. The number of hydrogen-bond acceptors (Lipinski definition) is 4. The number of carbonyl (C=O) groups excluding carboxylic acids is 1. The fourth-order valence-corrected chi connectivity index (χ4v) is 2.93. The van der Waals surface area contributed by atoms with Crippen LogP contribution in [-0.2, 0) is 4.84 Å². The first-order valence-corrected chi connectivity index (χ1v) is 8.32. The predicted octanol–water partition coefficient (Wildman–Crippen LogP) is 4.65. The largest absolute Gasteiger partial charge is 0.399 e. The third-order valence-corrected chi connectivity index (χ3v) is 4.17. The molecule has 0 saturated heterocycles. The maximum absolute atomic E-state index is 12.3. The molecule has 1 N–H and O–H groups in total. The molecule has 0 atom stereocenters. The second kappa shape index (κ2) is 7.57. The lowest BCUT2D eigenvalue weighted by atomic mass is 10.0. The van der Waals surface area contributed by atoms with Gasteiger partial charge < -0.3 is 10.2 Å². The number of nitrogens with zero attached hydrogens (tertiary/aromatic N) is 1. The molecule has 0 aliphatic carbocycles. The first-order valence-electron chi connectivity index (χ1n) is 7.37. The van der Waals surface area contributed by atoms with Gasteiger partial charge in [0.1, 0.15) is 7.11 Å². The van der Waals surface area contributed by atoms with Gasteiger partial charge in [0, 0.05) is 16.6 Å². The first kappa shape index (κ1) is 16.0. The Kier molecular flexibility index (Phi) is 5.03. The number of oxime groups is 1. The highest BCUT2D eigenvalue weighted by Gasteiger charge is 2.10. The van der Waals surface area contributed by atoms with Crippen LogP contribution in [0.25, 0.3) is 11.1 Å². The molecule has 0 radical (unpaired) electrons. The Balaban J connectivity index is 1.86. The molecule has 120 valence electrons. The predicted molar refractivity (Wildman–Crippen MR) is 98.8 cm³/mol. The molecule has 0 unspecified atom stereocenters. The van der Waals surface area contributed by atoms with Crippen LogP contribution in [-0.4, -0.2) is 19.2 Å². The number of hydrogen-bond donors (Lipinski definition) is 1. The van der Waals surface area contributed by atoms with Gasteiger partial charge in [-0.3, -0.25) is 4.79 Å². The van der Waals surface area contributed by atoms with E-state index in [1.165, 1.54) is 18.4 Å². The number of rotatable bonds is 5. The smallest absolute Gasteiger partial charge is 0.256 e. The first-order chi connectivity index (χ1) is 11.8. The van der Waals surface area contributed by atoms with Gasteiger partial charge in [0.25, 0.3) is 5.91 Å². The lowest BCUT2D eigenvalue weighted by Crippen LogP contribution is -2.11. The van der Waals surface area contributed by atoms with Crippen LogP contribution in [0.1, 0.15) is 15.9 Å². The van der Waals surface area contributed by atoms with Gasteiger partial charge in [-0.05, 0) is 28.6 Å². The molecule has 2 aromatic carbocycles. The molecule has 1 amide bonds. The van der Waals surface area contributed by atoms with Crippen LogP contribution in [0.3, 0.4) is 0 Å². The summed E-state index contributed by atoms with van der Waals surface area (Å²) in [6.07, 6.45) is 1.65. The minimum absolute atomic E-state index is 0.104. The van der Waals surface area contributed by atoms with Crippen LogP contribution >= 0.6 is 11.3 Å². The van der Waals surface area contributed by atoms with Crippen LogP contribution in [0.5, 0.6) is 0 Å². The number of amides is 1. The summed E-state index contributed by atoms with van der Waals surface area (Å²) < 4.78 is 0. The highest BCUT2D eigenvalue weighted by atomic mass is 32.1. The topological polar surface area (TPSA) is 50.7 Å². The van der Waals surface area contributed by atoms with Crippen molar-refractivity contribution in [3.8, 4) is 11.1 Å². The Morgan fingerprint density at radius 2 is 1.92 bits per heavy atom. The van der Waals surface area contributed by atoms with E-state index in [4.69, 9.17) is 0 Å². The van der Waals surface area contributed by atoms with E-state index >= 15 is 0 Å². The van der Waals surface area contributed by atoms with Gasteiger partial charge in [0.2, 0.25) is 0 Å². The lowest BCUT2D eigenvalue weighted by Gasteiger charge is -2.11. The zero-order chi connectivity index (χ0) is 16.8. The summed E-state index contributed by atoms with van der Waals surface area (Å²) in [5.74, 6) is -0.104. The van der Waals surface area contributed by atoms with Crippen molar-refractivity contribution in [1.82, 2.24) is 0 Å². The SMILES string of the molecule is CON=Cc1ccc(-c2ccccc2NC(=O)c2ccsc2)cc1. The summed E-state index contributed by atoms with van der Waals surface area (Å²) in [6.45, 7) is 0. The van der Waals surface area contributed by atoms with Gasteiger partial charge >= 0.3 is 0 Å². The summed E-state index contributed by atoms with van der Waals surface area (Å²) in [7, 11) is 1.51. The van der Waals surface area contributed by atoms with Crippen molar-refractivity contribution >= 4 is 29.1 Å². The maximum Gasteiger partial charge on any atom is 0.256 e. The fourth-order valence-electron chi connectivity index (χ4n) is 2.29. The van der Waals surface area contributed by atoms with Crippen molar-refractivity contribution < 1.29 is 9.63 Å². The molecule has 4 nitrogen and oxygen atoms in total. The minimum Gasteiger partial charge on any atom is -0.399 e. The molecule has 0 aliphatic heterocycles. The molecule has 3 rings (SSSR count). The Morgan fingerprint density at radius 3 is 2.62 bits per heavy atom. The lowest BCUT2D eigenvalue weighted by molar-refractivity contribution is 0.102. The fraction of sp³-hybridized carbons (Fsp3) is 0.0526. The van der Waals surface area contributed by atoms with Crippen LogP contribution in [0, 0.1) is 0 Å². The van der Waals surface area contributed by atoms with Gasteiger partial charge in [-0.25, -0.2) is 0 Å². The number of carbonyl (C=O) groups is 1. The Bertz CT molecular complexity index is 840. The monoisotopic (exact) mass is 336 g/mol. The number of thiophene rings is 1. The van der Waals surface area contributed by atoms with E-state index in [0.29, 0.717) is 5.56 Å². The molecule has 1 aromatic heterocycles. The number of benzene rings is 2. The molecule has 3 aromatic rings. The standard InChI is InChI=1S/C19H16N2O2S/c1-23-20-12-14-6-8-15(9-7-14)17-4-2-3-5-18(17)21-19(22)16-10-11-24-13-16/h2-13H,1H3,(H,21,22). The second-order valence-electron chi connectivity index (χ2n) is 5.05. The summed E-state index contributed by atoms with van der Waals surface area (Å²) in [5.41, 5.74) is 4.38. The molecule has 0 saturated carbocycles. The van der Waals surface area contributed by atoms with Crippen LogP contribution in [0.4, 0.5) is 5.69 Å². The van der Waals surface area contributed by atoms with E-state index in [9.17, 15) is 4.79 Å². The van der Waals surface area contributed by atoms with Crippen molar-refractivity contribution in [2.24, 2.45) is 5.16 Å². The second-order valence-corrected chi connectivity index (χ2v) is 5.83. The van der Waals surface area contributed by atoms with Gasteiger partial charge in [0.05, 0.1) is 11.8 Å². The van der Waals surface area contributed by atoms with Gasteiger partial charge in [-0.1, -0.05) is 47.6 Å². The van der Waals surface area contributed by atoms with E-state index in [0.717, 1.165) is 22.4 Å². The zero-order valence-electron chi connectivity index (χ0n) is 13.1. The van der Waals surface area contributed by atoms with Gasteiger partial charge in [0.15, 0.2) is 0 Å². The van der Waals surface area contributed by atoms with Gasteiger partial charge in [-0.15, -0.1) is 0 Å². The van der Waals surface area contributed by atoms with Crippen LogP contribution in [0.15, 0.2) is 70.5 Å². The molecule has 1 heterocycles. The molecular weight excluding hydrogens is 320 g/mol. The summed E-state index contributed by atoms with van der Waals surface area (Å²) in [6, 6.07) is 17.5. The van der Waals surface area contributed by atoms with E-state index < -0.39 is 0 Å². The van der Waals surface area contributed by atoms with E-state index in [1.54, 1.807) is 6.21 Å². The third kappa shape index (κ3) is 3.70. The minimum atomic E-state index is -0.104. The highest BCUT2D eigenvalue weighted by Crippen LogP contribution is 2.28. The van der Waals surface area contributed by atoms with Crippen molar-refractivity contribution in [2.45, 2.75) is 0 Å². The Hall–Kier alpha value is -2.92. The summed E-state index contributed by atoms with van der Waals surface area (Å²) >= 11 is 1.50. The van der Waals surface area contributed by atoms with E-state index in [1.807, 2.05) is 65.4 Å². The number of para-hydroxylation sites is 1. The summed E-state index contributed by atoms with van der Waals surface area (Å²) in [5, 5.41) is 10.5. The van der Waals surface area contributed by atoms with Gasteiger partial charge in [-0.2, -0.15) is 11.3 Å². The van der Waals surface area contributed by atoms with E-state index in [2.05, 4.69) is 15.3 Å². The molecular formula is C19H16N2O2S. The maximum atomic E-state index is 12.3. The number of nitrogens with one attached hydrogen (secondary N) is 1. The average molecular weight is 336 g/mol. The Labute approximate surface area is 144 Å². The highest BCUT2D eigenvalue weighted by molar-refractivity contribution is 7.08. The Morgan fingerprint density at radius 1 is 1.12 bits per heavy atom. The van der Waals surface area contributed by atoms with Crippen molar-refractivity contribution in [3.05, 3.63) is 76.5 Å². The molecule has 0 spiro atoms. The van der Waals surface area contributed by atoms with Crippen molar-refractivity contribution in [1.29, 1.82) is 0 Å². The molecule has 0 bridgehead atoms. The van der Waals surface area contributed by atoms with E-state index in [-0.39, 0.29) is 5.91 Å².